The van der Waals surface area contributed by atoms with Gasteiger partial charge in [0.25, 0.3) is 0 Å². The molecule has 2 amide bonds. The number of halogens is 1. The van der Waals surface area contributed by atoms with Crippen molar-refractivity contribution in [2.24, 2.45) is 5.92 Å². The van der Waals surface area contributed by atoms with Gasteiger partial charge in [-0.25, -0.2) is 0 Å². The van der Waals surface area contributed by atoms with E-state index in [0.717, 1.165) is 31.5 Å². The van der Waals surface area contributed by atoms with Crippen LogP contribution in [0.5, 0.6) is 0 Å². The van der Waals surface area contributed by atoms with Gasteiger partial charge in [-0.2, -0.15) is 0 Å². The van der Waals surface area contributed by atoms with E-state index in [9.17, 15) is 9.59 Å². The van der Waals surface area contributed by atoms with Crippen molar-refractivity contribution in [2.75, 3.05) is 19.6 Å². The molecule has 0 radical (unpaired) electrons. The lowest BCUT2D eigenvalue weighted by molar-refractivity contribution is -0.140. The third kappa shape index (κ3) is 4.73. The van der Waals surface area contributed by atoms with Crippen molar-refractivity contribution >= 4 is 23.4 Å². The number of carbonyl (C=O) groups is 2. The Morgan fingerprint density at radius 2 is 1.82 bits per heavy atom. The van der Waals surface area contributed by atoms with Crippen molar-refractivity contribution in [1.29, 1.82) is 0 Å². The molecule has 0 aliphatic carbocycles. The van der Waals surface area contributed by atoms with E-state index < -0.39 is 0 Å². The fourth-order valence-corrected chi connectivity index (χ4v) is 2.74. The number of carbonyl (C=O) groups excluding carboxylic acids is 2. The minimum Gasteiger partial charge on any atom is -0.341 e. The average molecular weight is 323 g/mol. The minimum absolute atomic E-state index is 0.0380. The summed E-state index contributed by atoms with van der Waals surface area (Å²) in [6, 6.07) is 7.35. The van der Waals surface area contributed by atoms with Crippen LogP contribution in [-0.4, -0.2) is 41.2 Å². The van der Waals surface area contributed by atoms with E-state index >= 15 is 0 Å². The molecule has 22 heavy (non-hydrogen) atoms. The highest BCUT2D eigenvalue weighted by Crippen LogP contribution is 2.17. The molecule has 0 spiro atoms. The van der Waals surface area contributed by atoms with Crippen LogP contribution in [0.4, 0.5) is 0 Å². The molecule has 1 aromatic carbocycles. The summed E-state index contributed by atoms with van der Waals surface area (Å²) in [6.45, 7) is 5.89. The summed E-state index contributed by atoms with van der Waals surface area (Å²) in [5.74, 6) is 0.631. The Kier molecular flexibility index (Phi) is 5.83. The smallest absolute Gasteiger partial charge is 0.242 e. The predicted octanol–water partition coefficient (Wildman–Crippen LogP) is 2.95. The Labute approximate surface area is 137 Å². The second kappa shape index (κ2) is 7.63. The SMILES string of the molecule is CC(=O)N(CC(=O)N1CCC(C)CC1)Cc1ccc(Cl)cc1. The largest absolute Gasteiger partial charge is 0.341 e. The van der Waals surface area contributed by atoms with Gasteiger partial charge in [0.1, 0.15) is 6.54 Å². The van der Waals surface area contributed by atoms with E-state index in [0.29, 0.717) is 17.5 Å². The Morgan fingerprint density at radius 3 is 2.36 bits per heavy atom. The molecule has 0 unspecified atom stereocenters. The van der Waals surface area contributed by atoms with Gasteiger partial charge in [-0.15, -0.1) is 0 Å². The zero-order valence-corrected chi connectivity index (χ0v) is 14.0. The molecule has 0 atom stereocenters. The molecular weight excluding hydrogens is 300 g/mol. The Bertz CT molecular complexity index is 522. The zero-order valence-electron chi connectivity index (χ0n) is 13.2. The van der Waals surface area contributed by atoms with Crippen LogP contribution in [0.15, 0.2) is 24.3 Å². The van der Waals surface area contributed by atoms with Gasteiger partial charge >= 0.3 is 0 Å². The lowest BCUT2D eigenvalue weighted by Crippen LogP contribution is -2.44. The van der Waals surface area contributed by atoms with Crippen LogP contribution in [0.3, 0.4) is 0 Å². The quantitative estimate of drug-likeness (QED) is 0.855. The maximum atomic E-state index is 12.4. The molecule has 2 rings (SSSR count). The molecule has 1 fully saturated rings. The number of rotatable bonds is 4. The fourth-order valence-electron chi connectivity index (χ4n) is 2.61. The van der Waals surface area contributed by atoms with Gasteiger partial charge in [-0.3, -0.25) is 9.59 Å². The zero-order chi connectivity index (χ0) is 16.1. The first-order valence-electron chi connectivity index (χ1n) is 7.73. The first-order valence-corrected chi connectivity index (χ1v) is 8.11. The van der Waals surface area contributed by atoms with Gasteiger partial charge in [0.15, 0.2) is 0 Å². The van der Waals surface area contributed by atoms with Gasteiger partial charge < -0.3 is 9.80 Å². The predicted molar refractivity (Wildman–Crippen MR) is 87.5 cm³/mol. The third-order valence-corrected chi connectivity index (χ3v) is 4.45. The van der Waals surface area contributed by atoms with E-state index in [1.807, 2.05) is 17.0 Å². The maximum absolute atomic E-state index is 12.4. The number of piperidine rings is 1. The fraction of sp³-hybridized carbons (Fsp3) is 0.529. The van der Waals surface area contributed by atoms with Crippen molar-refractivity contribution in [3.63, 3.8) is 0 Å². The van der Waals surface area contributed by atoms with Crippen molar-refractivity contribution in [1.82, 2.24) is 9.80 Å². The molecule has 0 N–H and O–H groups in total. The maximum Gasteiger partial charge on any atom is 0.242 e. The molecule has 1 aromatic rings. The molecule has 4 nitrogen and oxygen atoms in total. The van der Waals surface area contributed by atoms with Crippen LogP contribution in [0.1, 0.15) is 32.3 Å². The highest BCUT2D eigenvalue weighted by molar-refractivity contribution is 6.30. The summed E-state index contributed by atoms with van der Waals surface area (Å²) in [4.78, 5) is 27.6. The van der Waals surface area contributed by atoms with E-state index in [1.165, 1.54) is 6.92 Å². The van der Waals surface area contributed by atoms with Crippen molar-refractivity contribution < 1.29 is 9.59 Å². The van der Waals surface area contributed by atoms with E-state index in [1.54, 1.807) is 17.0 Å². The van der Waals surface area contributed by atoms with Gasteiger partial charge in [-0.05, 0) is 36.5 Å². The number of nitrogens with zero attached hydrogens (tertiary/aromatic N) is 2. The van der Waals surface area contributed by atoms with Gasteiger partial charge in [0, 0.05) is 31.6 Å². The summed E-state index contributed by atoms with van der Waals surface area (Å²) < 4.78 is 0. The van der Waals surface area contributed by atoms with Gasteiger partial charge in [0.05, 0.1) is 0 Å². The van der Waals surface area contributed by atoms with Gasteiger partial charge in [-0.1, -0.05) is 30.7 Å². The first kappa shape index (κ1) is 16.8. The van der Waals surface area contributed by atoms with Crippen molar-refractivity contribution in [3.8, 4) is 0 Å². The van der Waals surface area contributed by atoms with Crippen molar-refractivity contribution in [2.45, 2.75) is 33.2 Å². The number of benzene rings is 1. The topological polar surface area (TPSA) is 40.6 Å². The van der Waals surface area contributed by atoms with E-state index in [4.69, 9.17) is 11.6 Å². The molecule has 1 heterocycles. The van der Waals surface area contributed by atoms with Crippen LogP contribution in [0.2, 0.25) is 5.02 Å². The standard InChI is InChI=1S/C17H23ClN2O2/c1-13-7-9-19(10-8-13)17(22)12-20(14(2)21)11-15-3-5-16(18)6-4-15/h3-6,13H,7-12H2,1-2H3. The molecule has 0 aromatic heterocycles. The second-order valence-corrected chi connectivity index (χ2v) is 6.50. The monoisotopic (exact) mass is 322 g/mol. The summed E-state index contributed by atoms with van der Waals surface area (Å²) >= 11 is 5.87. The van der Waals surface area contributed by atoms with E-state index in [2.05, 4.69) is 6.92 Å². The Hall–Kier alpha value is -1.55. The molecule has 5 heteroatoms. The number of hydrogen-bond donors (Lipinski definition) is 0. The number of likely N-dealkylation sites (tertiary alicyclic amines) is 1. The molecule has 0 saturated carbocycles. The molecule has 1 aliphatic heterocycles. The Balaban J connectivity index is 1.95. The van der Waals surface area contributed by atoms with Gasteiger partial charge in [0.2, 0.25) is 11.8 Å². The second-order valence-electron chi connectivity index (χ2n) is 6.06. The van der Waals surface area contributed by atoms with Crippen LogP contribution in [0.25, 0.3) is 0 Å². The summed E-state index contributed by atoms with van der Waals surface area (Å²) in [6.07, 6.45) is 2.09. The van der Waals surface area contributed by atoms with Crippen LogP contribution >= 0.6 is 11.6 Å². The molecule has 1 aliphatic rings. The van der Waals surface area contributed by atoms with Crippen LogP contribution in [0, 0.1) is 5.92 Å². The molecular formula is C17H23ClN2O2. The highest BCUT2D eigenvalue weighted by Gasteiger charge is 2.23. The molecule has 0 bridgehead atoms. The average Bonchev–Trinajstić information content (AvgIpc) is 2.49. The first-order chi connectivity index (χ1) is 10.5. The van der Waals surface area contributed by atoms with Crippen LogP contribution < -0.4 is 0 Å². The van der Waals surface area contributed by atoms with Crippen LogP contribution in [-0.2, 0) is 16.1 Å². The summed E-state index contributed by atoms with van der Waals surface area (Å²) in [5, 5.41) is 0.664. The minimum atomic E-state index is -0.0892. The lowest BCUT2D eigenvalue weighted by Gasteiger charge is -2.32. The normalized spacial score (nSPS) is 15.7. The summed E-state index contributed by atoms with van der Waals surface area (Å²) in [5.41, 5.74) is 0.972. The van der Waals surface area contributed by atoms with Crippen molar-refractivity contribution in [3.05, 3.63) is 34.9 Å². The highest BCUT2D eigenvalue weighted by atomic mass is 35.5. The summed E-state index contributed by atoms with van der Waals surface area (Å²) in [7, 11) is 0. The number of hydrogen-bond acceptors (Lipinski definition) is 2. The molecule has 1 saturated heterocycles. The molecule has 120 valence electrons. The number of amides is 2. The third-order valence-electron chi connectivity index (χ3n) is 4.19. The van der Waals surface area contributed by atoms with E-state index in [-0.39, 0.29) is 18.4 Å². The lowest BCUT2D eigenvalue weighted by atomic mass is 9.99. The Morgan fingerprint density at radius 1 is 1.23 bits per heavy atom.